The van der Waals surface area contributed by atoms with Crippen molar-refractivity contribution in [2.24, 2.45) is 4.99 Å². The highest BCUT2D eigenvalue weighted by atomic mass is 16.5. The Hall–Kier alpha value is -2.96. The van der Waals surface area contributed by atoms with Crippen molar-refractivity contribution in [2.45, 2.75) is 26.0 Å². The number of anilines is 1. The zero-order chi connectivity index (χ0) is 20.2. The van der Waals surface area contributed by atoms with E-state index in [1.165, 1.54) is 5.56 Å². The number of rotatable bonds is 4. The number of piperazine rings is 1. The summed E-state index contributed by atoms with van der Waals surface area (Å²) in [6.07, 6.45) is 3.00. The van der Waals surface area contributed by atoms with Gasteiger partial charge < -0.3 is 24.6 Å². The minimum Gasteiger partial charge on any atom is -0.496 e. The molecule has 1 aromatic carbocycles. The summed E-state index contributed by atoms with van der Waals surface area (Å²) in [6.45, 7) is 6.38. The molecule has 0 spiro atoms. The van der Waals surface area contributed by atoms with Gasteiger partial charge in [0.2, 0.25) is 0 Å². The van der Waals surface area contributed by atoms with E-state index in [2.05, 4.69) is 50.2 Å². The maximum absolute atomic E-state index is 5.91. The molecule has 0 radical (unpaired) electrons. The van der Waals surface area contributed by atoms with Gasteiger partial charge in [-0.25, -0.2) is 4.98 Å². The second-order valence-corrected chi connectivity index (χ2v) is 7.47. The van der Waals surface area contributed by atoms with Crippen molar-refractivity contribution in [1.82, 2.24) is 15.2 Å². The topological polar surface area (TPSA) is 62.2 Å². The SMILES string of the molecule is CN=C(NCc1cc2c(cc1OC)CC(C)O2)N1CCN(c2ccccn2)CC1. The Bertz CT molecular complexity index is 863. The lowest BCUT2D eigenvalue weighted by atomic mass is 10.1. The molecule has 0 amide bonds. The van der Waals surface area contributed by atoms with Crippen LogP contribution in [0.1, 0.15) is 18.1 Å². The lowest BCUT2D eigenvalue weighted by Crippen LogP contribution is -2.52. The number of fused-ring (bicyclic) bond motifs is 1. The van der Waals surface area contributed by atoms with Gasteiger partial charge in [0.1, 0.15) is 23.4 Å². The number of hydrogen-bond donors (Lipinski definition) is 1. The monoisotopic (exact) mass is 395 g/mol. The number of pyridine rings is 1. The van der Waals surface area contributed by atoms with E-state index in [4.69, 9.17) is 9.47 Å². The molecule has 1 saturated heterocycles. The zero-order valence-electron chi connectivity index (χ0n) is 17.4. The second-order valence-electron chi connectivity index (χ2n) is 7.47. The maximum atomic E-state index is 5.91. The maximum Gasteiger partial charge on any atom is 0.194 e. The lowest BCUT2D eigenvalue weighted by molar-refractivity contribution is 0.254. The number of aromatic nitrogens is 1. The van der Waals surface area contributed by atoms with Crippen LogP contribution in [0.3, 0.4) is 0 Å². The molecule has 0 aliphatic carbocycles. The van der Waals surface area contributed by atoms with Crippen molar-refractivity contribution in [3.63, 3.8) is 0 Å². The summed E-state index contributed by atoms with van der Waals surface area (Å²) >= 11 is 0. The van der Waals surface area contributed by atoms with E-state index in [0.717, 1.165) is 61.4 Å². The van der Waals surface area contributed by atoms with E-state index in [-0.39, 0.29) is 6.10 Å². The lowest BCUT2D eigenvalue weighted by Gasteiger charge is -2.37. The number of guanidine groups is 1. The standard InChI is InChI=1S/C22H29N5O2/c1-16-12-17-13-19(28-3)18(14-20(17)29-16)15-25-22(23-2)27-10-8-26(9-11-27)21-6-4-5-7-24-21/h4-7,13-14,16H,8-12,15H2,1-3H3,(H,23,25). The van der Waals surface area contributed by atoms with Gasteiger partial charge >= 0.3 is 0 Å². The molecule has 7 nitrogen and oxygen atoms in total. The average Bonchev–Trinajstić information content (AvgIpc) is 3.13. The minimum atomic E-state index is 0.223. The molecule has 0 saturated carbocycles. The van der Waals surface area contributed by atoms with E-state index < -0.39 is 0 Å². The molecule has 7 heteroatoms. The molecule has 2 aliphatic heterocycles. The Morgan fingerprint density at radius 1 is 1.28 bits per heavy atom. The van der Waals surface area contributed by atoms with E-state index >= 15 is 0 Å². The van der Waals surface area contributed by atoms with Crippen LogP contribution in [-0.4, -0.2) is 62.3 Å². The van der Waals surface area contributed by atoms with Crippen LogP contribution < -0.4 is 19.7 Å². The van der Waals surface area contributed by atoms with Gasteiger partial charge in [-0.1, -0.05) is 6.07 Å². The van der Waals surface area contributed by atoms with Crippen LogP contribution >= 0.6 is 0 Å². The van der Waals surface area contributed by atoms with Gasteiger partial charge in [0, 0.05) is 63.5 Å². The van der Waals surface area contributed by atoms with Gasteiger partial charge in [0.15, 0.2) is 5.96 Å². The number of nitrogens with zero attached hydrogens (tertiary/aromatic N) is 4. The number of benzene rings is 1. The molecule has 29 heavy (non-hydrogen) atoms. The van der Waals surface area contributed by atoms with Crippen molar-refractivity contribution in [1.29, 1.82) is 0 Å². The quantitative estimate of drug-likeness (QED) is 0.633. The van der Waals surface area contributed by atoms with Crippen molar-refractivity contribution in [2.75, 3.05) is 45.2 Å². The Balaban J connectivity index is 1.38. The fourth-order valence-electron chi connectivity index (χ4n) is 4.00. The Morgan fingerprint density at radius 3 is 2.79 bits per heavy atom. The molecule has 4 rings (SSSR count). The van der Waals surface area contributed by atoms with Crippen LogP contribution in [0, 0.1) is 0 Å². The first kappa shape index (κ1) is 19.4. The Kier molecular flexibility index (Phi) is 5.74. The van der Waals surface area contributed by atoms with Crippen molar-refractivity contribution >= 4 is 11.8 Å². The predicted octanol–water partition coefficient (Wildman–Crippen LogP) is 2.31. The molecular weight excluding hydrogens is 366 g/mol. The van der Waals surface area contributed by atoms with E-state index in [1.54, 1.807) is 7.11 Å². The fourth-order valence-corrected chi connectivity index (χ4v) is 4.00. The zero-order valence-corrected chi connectivity index (χ0v) is 17.4. The normalized spacial score (nSPS) is 19.0. The van der Waals surface area contributed by atoms with Crippen LogP contribution in [0.25, 0.3) is 0 Å². The van der Waals surface area contributed by atoms with Gasteiger partial charge in [0.05, 0.1) is 7.11 Å². The minimum absolute atomic E-state index is 0.223. The molecule has 1 aromatic heterocycles. The van der Waals surface area contributed by atoms with Crippen LogP contribution in [0.15, 0.2) is 41.5 Å². The molecule has 2 aliphatic rings. The third kappa shape index (κ3) is 4.23. The van der Waals surface area contributed by atoms with Crippen LogP contribution in [0.4, 0.5) is 5.82 Å². The van der Waals surface area contributed by atoms with Gasteiger partial charge in [-0.3, -0.25) is 4.99 Å². The second kappa shape index (κ2) is 8.59. The predicted molar refractivity (Wildman–Crippen MR) is 115 cm³/mol. The number of ether oxygens (including phenoxy) is 2. The van der Waals surface area contributed by atoms with Crippen molar-refractivity contribution < 1.29 is 9.47 Å². The van der Waals surface area contributed by atoms with Crippen LogP contribution in [0.2, 0.25) is 0 Å². The third-order valence-electron chi connectivity index (χ3n) is 5.50. The number of nitrogens with one attached hydrogen (secondary N) is 1. The first-order valence-electron chi connectivity index (χ1n) is 10.2. The highest BCUT2D eigenvalue weighted by Crippen LogP contribution is 2.34. The molecule has 2 aromatic rings. The van der Waals surface area contributed by atoms with Crippen molar-refractivity contribution in [3.8, 4) is 11.5 Å². The molecule has 1 N–H and O–H groups in total. The van der Waals surface area contributed by atoms with Gasteiger partial charge in [-0.15, -0.1) is 0 Å². The summed E-state index contributed by atoms with van der Waals surface area (Å²) in [6, 6.07) is 10.2. The first-order valence-corrected chi connectivity index (χ1v) is 10.2. The first-order chi connectivity index (χ1) is 14.2. The molecule has 1 fully saturated rings. The summed E-state index contributed by atoms with van der Waals surface area (Å²) in [7, 11) is 3.55. The fraction of sp³-hybridized carbons (Fsp3) is 0.455. The van der Waals surface area contributed by atoms with Crippen molar-refractivity contribution in [3.05, 3.63) is 47.7 Å². The summed E-state index contributed by atoms with van der Waals surface area (Å²) in [4.78, 5) is 13.5. The highest BCUT2D eigenvalue weighted by Gasteiger charge is 2.23. The Labute approximate surface area is 172 Å². The molecule has 3 heterocycles. The van der Waals surface area contributed by atoms with Crippen LogP contribution in [0.5, 0.6) is 11.5 Å². The van der Waals surface area contributed by atoms with E-state index in [1.807, 2.05) is 25.4 Å². The number of aliphatic imine (C=N–C) groups is 1. The summed E-state index contributed by atoms with van der Waals surface area (Å²) in [5.74, 6) is 3.80. The van der Waals surface area contributed by atoms with Gasteiger partial charge in [-0.05, 0) is 31.2 Å². The van der Waals surface area contributed by atoms with Gasteiger partial charge in [-0.2, -0.15) is 0 Å². The van der Waals surface area contributed by atoms with Gasteiger partial charge in [0.25, 0.3) is 0 Å². The number of methoxy groups -OCH3 is 1. The third-order valence-corrected chi connectivity index (χ3v) is 5.50. The summed E-state index contributed by atoms with van der Waals surface area (Å²) < 4.78 is 11.5. The molecule has 1 unspecified atom stereocenters. The largest absolute Gasteiger partial charge is 0.496 e. The average molecular weight is 396 g/mol. The van der Waals surface area contributed by atoms with E-state index in [9.17, 15) is 0 Å². The molecule has 1 atom stereocenters. The summed E-state index contributed by atoms with van der Waals surface area (Å²) in [5, 5.41) is 3.49. The molecule has 154 valence electrons. The highest BCUT2D eigenvalue weighted by molar-refractivity contribution is 5.80. The molecule has 0 bridgehead atoms. The molecular formula is C22H29N5O2. The van der Waals surface area contributed by atoms with Crippen LogP contribution in [-0.2, 0) is 13.0 Å². The summed E-state index contributed by atoms with van der Waals surface area (Å²) in [5.41, 5.74) is 2.29. The Morgan fingerprint density at radius 2 is 2.10 bits per heavy atom. The smallest absolute Gasteiger partial charge is 0.194 e. The van der Waals surface area contributed by atoms with E-state index in [0.29, 0.717) is 6.54 Å². The number of hydrogen-bond acceptors (Lipinski definition) is 5.